The fourth-order valence-corrected chi connectivity index (χ4v) is 2.67. The van der Waals surface area contributed by atoms with Gasteiger partial charge in [0.15, 0.2) is 0 Å². The van der Waals surface area contributed by atoms with Gasteiger partial charge in [-0.05, 0) is 50.2 Å². The van der Waals surface area contributed by atoms with Gasteiger partial charge < -0.3 is 15.4 Å². The minimum absolute atomic E-state index is 0. The van der Waals surface area contributed by atoms with E-state index in [4.69, 9.17) is 4.74 Å². The normalized spacial score (nSPS) is 14.8. The summed E-state index contributed by atoms with van der Waals surface area (Å²) in [7, 11) is 1.63. The molecule has 0 saturated carbocycles. The van der Waals surface area contributed by atoms with Gasteiger partial charge in [0.2, 0.25) is 0 Å². The van der Waals surface area contributed by atoms with Crippen molar-refractivity contribution in [2.75, 3.05) is 20.2 Å². The molecule has 7 heteroatoms. The molecule has 0 spiro atoms. The summed E-state index contributed by atoms with van der Waals surface area (Å²) in [5, 5.41) is 13.3. The Balaban J connectivity index is 0.00000192. The summed E-state index contributed by atoms with van der Waals surface area (Å²) in [4.78, 5) is 12.5. The van der Waals surface area contributed by atoms with Crippen LogP contribution in [0.1, 0.15) is 23.2 Å². The minimum Gasteiger partial charge on any atom is -0.497 e. The standard InChI is InChI=1S/C16H20N4O2.ClH/c1-22-13-4-2-11(3-5-13)15-14(10-18-20-15)16(21)19-12-6-8-17-9-7-12;/h2-5,10,12,17H,6-9H2,1H3,(H,18,20)(H,19,21);1H. The third kappa shape index (κ3) is 4.03. The van der Waals surface area contributed by atoms with Crippen molar-refractivity contribution < 1.29 is 9.53 Å². The lowest BCUT2D eigenvalue weighted by Gasteiger charge is -2.23. The van der Waals surface area contributed by atoms with Gasteiger partial charge in [-0.3, -0.25) is 9.89 Å². The lowest BCUT2D eigenvalue weighted by atomic mass is 10.0. The van der Waals surface area contributed by atoms with Crippen LogP contribution in [0.2, 0.25) is 0 Å². The van der Waals surface area contributed by atoms with Gasteiger partial charge in [-0.1, -0.05) is 0 Å². The lowest BCUT2D eigenvalue weighted by molar-refractivity contribution is 0.0930. The SMILES string of the molecule is COc1ccc(-c2[nH]ncc2C(=O)NC2CCNCC2)cc1.Cl. The van der Waals surface area contributed by atoms with E-state index in [0.717, 1.165) is 42.9 Å². The molecule has 6 nitrogen and oxygen atoms in total. The second-order valence-corrected chi connectivity index (χ2v) is 5.38. The minimum atomic E-state index is -0.0773. The monoisotopic (exact) mass is 336 g/mol. The highest BCUT2D eigenvalue weighted by Gasteiger charge is 2.20. The average molecular weight is 337 g/mol. The highest BCUT2D eigenvalue weighted by Crippen LogP contribution is 2.23. The third-order valence-corrected chi connectivity index (χ3v) is 3.94. The van der Waals surface area contributed by atoms with Crippen molar-refractivity contribution in [2.45, 2.75) is 18.9 Å². The maximum Gasteiger partial charge on any atom is 0.255 e. The predicted octanol–water partition coefficient (Wildman–Crippen LogP) is 1.99. The summed E-state index contributed by atoms with van der Waals surface area (Å²) >= 11 is 0. The van der Waals surface area contributed by atoms with Gasteiger partial charge in [-0.15, -0.1) is 12.4 Å². The van der Waals surface area contributed by atoms with Gasteiger partial charge in [0.1, 0.15) is 5.75 Å². The summed E-state index contributed by atoms with van der Waals surface area (Å²) in [6, 6.07) is 7.78. The van der Waals surface area contributed by atoms with Crippen LogP contribution in [0.4, 0.5) is 0 Å². The van der Waals surface area contributed by atoms with Gasteiger partial charge in [-0.25, -0.2) is 0 Å². The number of carbonyl (C=O) groups is 1. The summed E-state index contributed by atoms with van der Waals surface area (Å²) in [6.45, 7) is 1.89. The molecule has 1 aliphatic rings. The van der Waals surface area contributed by atoms with Crippen LogP contribution in [0.3, 0.4) is 0 Å². The van der Waals surface area contributed by atoms with Gasteiger partial charge in [0.05, 0.1) is 24.6 Å². The molecule has 2 heterocycles. The summed E-state index contributed by atoms with van der Waals surface area (Å²) < 4.78 is 5.15. The van der Waals surface area contributed by atoms with Crippen LogP contribution in [0, 0.1) is 0 Å². The molecule has 0 atom stereocenters. The molecule has 1 amide bonds. The first-order valence-corrected chi connectivity index (χ1v) is 7.47. The quantitative estimate of drug-likeness (QED) is 0.797. The molecule has 2 aromatic rings. The van der Waals surface area contributed by atoms with Crippen LogP contribution in [0.5, 0.6) is 5.75 Å². The van der Waals surface area contributed by atoms with E-state index in [9.17, 15) is 4.79 Å². The highest BCUT2D eigenvalue weighted by atomic mass is 35.5. The zero-order chi connectivity index (χ0) is 15.4. The second-order valence-electron chi connectivity index (χ2n) is 5.38. The molecule has 0 aliphatic carbocycles. The van der Waals surface area contributed by atoms with E-state index in [1.807, 2.05) is 24.3 Å². The fourth-order valence-electron chi connectivity index (χ4n) is 2.67. The van der Waals surface area contributed by atoms with Crippen molar-refractivity contribution in [1.82, 2.24) is 20.8 Å². The Morgan fingerprint density at radius 1 is 1.26 bits per heavy atom. The Morgan fingerprint density at radius 3 is 2.61 bits per heavy atom. The molecule has 1 aromatic carbocycles. The number of hydrogen-bond acceptors (Lipinski definition) is 4. The molecule has 0 bridgehead atoms. The molecule has 124 valence electrons. The molecule has 1 aromatic heterocycles. The maximum atomic E-state index is 12.5. The first-order valence-electron chi connectivity index (χ1n) is 7.47. The molecule has 0 unspecified atom stereocenters. The lowest BCUT2D eigenvalue weighted by Crippen LogP contribution is -2.42. The van der Waals surface area contributed by atoms with E-state index in [0.29, 0.717) is 5.56 Å². The van der Waals surface area contributed by atoms with Crippen molar-refractivity contribution in [3.05, 3.63) is 36.0 Å². The van der Waals surface area contributed by atoms with Gasteiger partial charge in [-0.2, -0.15) is 5.10 Å². The van der Waals surface area contributed by atoms with Crippen LogP contribution in [0.15, 0.2) is 30.5 Å². The van der Waals surface area contributed by atoms with Crippen molar-refractivity contribution in [2.24, 2.45) is 0 Å². The number of nitrogens with one attached hydrogen (secondary N) is 3. The Bertz CT molecular complexity index is 636. The molecule has 1 fully saturated rings. The van der Waals surface area contributed by atoms with E-state index < -0.39 is 0 Å². The molecule has 1 aliphatic heterocycles. The third-order valence-electron chi connectivity index (χ3n) is 3.94. The number of nitrogens with zero attached hydrogens (tertiary/aromatic N) is 1. The first kappa shape index (κ1) is 17.3. The number of aromatic amines is 1. The van der Waals surface area contributed by atoms with Crippen molar-refractivity contribution >= 4 is 18.3 Å². The number of piperidine rings is 1. The number of ether oxygens (including phenoxy) is 1. The molecular formula is C16H21ClN4O2. The average Bonchev–Trinajstić information content (AvgIpc) is 3.05. The topological polar surface area (TPSA) is 79.0 Å². The van der Waals surface area contributed by atoms with E-state index in [-0.39, 0.29) is 24.4 Å². The number of benzene rings is 1. The van der Waals surface area contributed by atoms with Gasteiger partial charge in [0, 0.05) is 11.6 Å². The second kappa shape index (κ2) is 7.99. The van der Waals surface area contributed by atoms with E-state index in [1.54, 1.807) is 13.3 Å². The maximum absolute atomic E-state index is 12.5. The zero-order valence-electron chi connectivity index (χ0n) is 13.0. The first-order chi connectivity index (χ1) is 10.8. The van der Waals surface area contributed by atoms with Gasteiger partial charge in [0.25, 0.3) is 5.91 Å². The summed E-state index contributed by atoms with van der Waals surface area (Å²) in [6.07, 6.45) is 3.50. The van der Waals surface area contributed by atoms with E-state index in [1.165, 1.54) is 0 Å². The number of H-pyrrole nitrogens is 1. The molecular weight excluding hydrogens is 316 g/mol. The summed E-state index contributed by atoms with van der Waals surface area (Å²) in [5.41, 5.74) is 2.21. The number of aromatic nitrogens is 2. The number of rotatable bonds is 4. The van der Waals surface area contributed by atoms with Crippen molar-refractivity contribution in [3.63, 3.8) is 0 Å². The van der Waals surface area contributed by atoms with Crippen LogP contribution in [-0.4, -0.2) is 42.3 Å². The van der Waals surface area contributed by atoms with Crippen molar-refractivity contribution in [1.29, 1.82) is 0 Å². The van der Waals surface area contributed by atoms with E-state index >= 15 is 0 Å². The number of halogens is 1. The number of methoxy groups -OCH3 is 1. The van der Waals surface area contributed by atoms with Crippen LogP contribution in [-0.2, 0) is 0 Å². The molecule has 3 N–H and O–H groups in total. The largest absolute Gasteiger partial charge is 0.497 e. The van der Waals surface area contributed by atoms with Crippen molar-refractivity contribution in [3.8, 4) is 17.0 Å². The number of hydrogen-bond donors (Lipinski definition) is 3. The molecule has 3 rings (SSSR count). The highest BCUT2D eigenvalue weighted by molar-refractivity contribution is 5.99. The van der Waals surface area contributed by atoms with Crippen LogP contribution < -0.4 is 15.4 Å². The number of amides is 1. The van der Waals surface area contributed by atoms with Crippen LogP contribution >= 0.6 is 12.4 Å². The summed E-state index contributed by atoms with van der Waals surface area (Å²) in [5.74, 6) is 0.704. The smallest absolute Gasteiger partial charge is 0.255 e. The van der Waals surface area contributed by atoms with Crippen LogP contribution in [0.25, 0.3) is 11.3 Å². The Morgan fingerprint density at radius 2 is 1.96 bits per heavy atom. The Hall–Kier alpha value is -2.05. The number of carbonyl (C=O) groups excluding carboxylic acids is 1. The zero-order valence-corrected chi connectivity index (χ0v) is 13.8. The van der Waals surface area contributed by atoms with E-state index in [2.05, 4.69) is 20.8 Å². The molecule has 23 heavy (non-hydrogen) atoms. The fraction of sp³-hybridized carbons (Fsp3) is 0.375. The Labute approximate surface area is 141 Å². The molecule has 0 radical (unpaired) electrons. The van der Waals surface area contributed by atoms with Gasteiger partial charge >= 0.3 is 0 Å². The predicted molar refractivity (Wildman–Crippen MR) is 91.2 cm³/mol. The molecule has 1 saturated heterocycles. The Kier molecular flexibility index (Phi) is 6.01.